The van der Waals surface area contributed by atoms with Gasteiger partial charge in [0, 0.05) is 5.92 Å². The summed E-state index contributed by atoms with van der Waals surface area (Å²) in [5.41, 5.74) is 3.60. The second kappa shape index (κ2) is 6.29. The van der Waals surface area contributed by atoms with Crippen LogP contribution in [0.15, 0.2) is 23.4 Å². The second-order valence-corrected chi connectivity index (χ2v) is 10.5. The van der Waals surface area contributed by atoms with Crippen molar-refractivity contribution in [3.63, 3.8) is 0 Å². The lowest BCUT2D eigenvalue weighted by molar-refractivity contribution is 0.133. The van der Waals surface area contributed by atoms with Gasteiger partial charge in [-0.1, -0.05) is 56.9 Å². The molecule has 0 aromatic heterocycles. The molecule has 0 aliphatic heterocycles. The quantitative estimate of drug-likeness (QED) is 0.559. The molecule has 0 amide bonds. The lowest BCUT2D eigenvalue weighted by Crippen LogP contribution is -2.16. The fourth-order valence-electron chi connectivity index (χ4n) is 1.33. The summed E-state index contributed by atoms with van der Waals surface area (Å²) in [6, 6.07) is 0. The Labute approximate surface area is 95.9 Å². The van der Waals surface area contributed by atoms with Crippen LogP contribution >= 0.6 is 0 Å². The molecule has 0 radical (unpaired) electrons. The van der Waals surface area contributed by atoms with E-state index in [0.29, 0.717) is 0 Å². The standard InChI is InChI=1S/C13H26OSi/c1-7-13(14)12(3)10-11(2)8-9-15(4,5)6/h8-10,12-14H,7H2,1-6H3/b9-8+,11-10+/t12-,13+/m0/s1. The summed E-state index contributed by atoms with van der Waals surface area (Å²) >= 11 is 0. The molecule has 1 N–H and O–H groups in total. The third-order valence-corrected chi connectivity index (χ3v) is 3.56. The maximum Gasteiger partial charge on any atom is 0.0687 e. The molecule has 0 heterocycles. The van der Waals surface area contributed by atoms with Gasteiger partial charge in [0.1, 0.15) is 0 Å². The topological polar surface area (TPSA) is 20.2 Å². The van der Waals surface area contributed by atoms with Crippen molar-refractivity contribution in [2.75, 3.05) is 0 Å². The number of aliphatic hydroxyl groups excluding tert-OH is 1. The number of hydrogen-bond acceptors (Lipinski definition) is 1. The molecule has 0 spiro atoms. The smallest absolute Gasteiger partial charge is 0.0687 e. The predicted octanol–water partition coefficient (Wildman–Crippen LogP) is 3.77. The molecule has 2 atom stereocenters. The maximum atomic E-state index is 9.64. The first-order valence-electron chi connectivity index (χ1n) is 5.82. The summed E-state index contributed by atoms with van der Waals surface area (Å²) < 4.78 is 0. The van der Waals surface area contributed by atoms with Gasteiger partial charge in [0.25, 0.3) is 0 Å². The zero-order chi connectivity index (χ0) is 12.1. The van der Waals surface area contributed by atoms with Crippen LogP contribution in [0.4, 0.5) is 0 Å². The molecule has 0 bridgehead atoms. The van der Waals surface area contributed by atoms with Gasteiger partial charge >= 0.3 is 0 Å². The van der Waals surface area contributed by atoms with Crippen molar-refractivity contribution in [1.29, 1.82) is 0 Å². The van der Waals surface area contributed by atoms with Crippen LogP contribution in [-0.4, -0.2) is 19.3 Å². The van der Waals surface area contributed by atoms with E-state index in [9.17, 15) is 5.11 Å². The molecule has 1 nitrogen and oxygen atoms in total. The molecule has 0 aliphatic carbocycles. The molecule has 0 saturated heterocycles. The van der Waals surface area contributed by atoms with Crippen molar-refractivity contribution in [3.05, 3.63) is 23.4 Å². The van der Waals surface area contributed by atoms with E-state index in [1.807, 2.05) is 6.92 Å². The molecule has 2 heteroatoms. The minimum Gasteiger partial charge on any atom is -0.393 e. The summed E-state index contributed by atoms with van der Waals surface area (Å²) in [7, 11) is -1.09. The first-order valence-corrected chi connectivity index (χ1v) is 9.39. The van der Waals surface area contributed by atoms with Crippen LogP contribution in [-0.2, 0) is 0 Å². The van der Waals surface area contributed by atoms with E-state index in [2.05, 4.69) is 51.3 Å². The summed E-state index contributed by atoms with van der Waals surface area (Å²) in [5, 5.41) is 9.64. The Morgan fingerprint density at radius 2 is 1.87 bits per heavy atom. The molecule has 88 valence electrons. The number of hydrogen-bond donors (Lipinski definition) is 1. The highest BCUT2D eigenvalue weighted by atomic mass is 28.3. The van der Waals surface area contributed by atoms with Gasteiger partial charge in [0.2, 0.25) is 0 Å². The highest BCUT2D eigenvalue weighted by Crippen LogP contribution is 2.12. The van der Waals surface area contributed by atoms with Crippen molar-refractivity contribution in [2.45, 2.75) is 52.9 Å². The molecule has 0 rings (SSSR count). The first kappa shape index (κ1) is 14.7. The maximum absolute atomic E-state index is 9.64. The Morgan fingerprint density at radius 1 is 1.33 bits per heavy atom. The van der Waals surface area contributed by atoms with Crippen molar-refractivity contribution < 1.29 is 5.11 Å². The van der Waals surface area contributed by atoms with Crippen LogP contribution in [0.5, 0.6) is 0 Å². The molecule has 15 heavy (non-hydrogen) atoms. The monoisotopic (exact) mass is 226 g/mol. The highest BCUT2D eigenvalue weighted by Gasteiger charge is 2.09. The lowest BCUT2D eigenvalue weighted by atomic mass is 10.00. The summed E-state index contributed by atoms with van der Waals surface area (Å²) in [6.45, 7) is 13.2. The van der Waals surface area contributed by atoms with Gasteiger partial charge in [-0.05, 0) is 13.3 Å². The predicted molar refractivity (Wildman–Crippen MR) is 71.7 cm³/mol. The number of aliphatic hydroxyl groups is 1. The van der Waals surface area contributed by atoms with Gasteiger partial charge in [-0.3, -0.25) is 0 Å². The van der Waals surface area contributed by atoms with Gasteiger partial charge in [0.05, 0.1) is 14.2 Å². The van der Waals surface area contributed by atoms with E-state index >= 15 is 0 Å². The van der Waals surface area contributed by atoms with Crippen LogP contribution in [0, 0.1) is 5.92 Å². The zero-order valence-corrected chi connectivity index (χ0v) is 12.0. The molecule has 0 fully saturated rings. The van der Waals surface area contributed by atoms with Crippen molar-refractivity contribution in [2.24, 2.45) is 5.92 Å². The summed E-state index contributed by atoms with van der Waals surface area (Å²) in [4.78, 5) is 0. The Bertz CT molecular complexity index is 235. The highest BCUT2D eigenvalue weighted by molar-refractivity contribution is 6.81. The normalized spacial score (nSPS) is 18.2. The van der Waals surface area contributed by atoms with Crippen LogP contribution in [0.3, 0.4) is 0 Å². The van der Waals surface area contributed by atoms with E-state index in [-0.39, 0.29) is 12.0 Å². The van der Waals surface area contributed by atoms with E-state index in [4.69, 9.17) is 0 Å². The molecule has 0 aromatic carbocycles. The van der Waals surface area contributed by atoms with Crippen LogP contribution in [0.1, 0.15) is 27.2 Å². The SMILES string of the molecule is CC[C@@H](O)[C@@H](C)/C=C(C)/C=C/[Si](C)(C)C. The van der Waals surface area contributed by atoms with Gasteiger partial charge in [-0.15, -0.1) is 0 Å². The van der Waals surface area contributed by atoms with Crippen molar-refractivity contribution in [3.8, 4) is 0 Å². The molecule has 0 aromatic rings. The zero-order valence-electron chi connectivity index (χ0n) is 11.0. The van der Waals surface area contributed by atoms with E-state index in [0.717, 1.165) is 6.42 Å². The Hall–Kier alpha value is -0.343. The Morgan fingerprint density at radius 3 is 2.27 bits per heavy atom. The third kappa shape index (κ3) is 7.57. The van der Waals surface area contributed by atoms with E-state index < -0.39 is 8.07 Å². The third-order valence-electron chi connectivity index (χ3n) is 2.40. The van der Waals surface area contributed by atoms with Crippen LogP contribution < -0.4 is 0 Å². The lowest BCUT2D eigenvalue weighted by Gasteiger charge is -2.14. The fourth-order valence-corrected chi connectivity index (χ4v) is 2.10. The summed E-state index contributed by atoms with van der Waals surface area (Å²) in [6.07, 6.45) is 4.97. The summed E-state index contributed by atoms with van der Waals surface area (Å²) in [5.74, 6) is 0.251. The second-order valence-electron chi connectivity index (χ2n) is 5.44. The van der Waals surface area contributed by atoms with Crippen LogP contribution in [0.25, 0.3) is 0 Å². The molecular formula is C13H26OSi. The fraction of sp³-hybridized carbons (Fsp3) is 0.692. The first-order chi connectivity index (χ1) is 6.76. The van der Waals surface area contributed by atoms with E-state index in [1.165, 1.54) is 5.57 Å². The average Bonchev–Trinajstić information content (AvgIpc) is 2.12. The van der Waals surface area contributed by atoms with Gasteiger partial charge in [-0.25, -0.2) is 0 Å². The molecular weight excluding hydrogens is 200 g/mol. The van der Waals surface area contributed by atoms with E-state index in [1.54, 1.807) is 0 Å². The van der Waals surface area contributed by atoms with Gasteiger partial charge in [-0.2, -0.15) is 0 Å². The van der Waals surface area contributed by atoms with Crippen molar-refractivity contribution in [1.82, 2.24) is 0 Å². The largest absolute Gasteiger partial charge is 0.393 e. The van der Waals surface area contributed by atoms with Gasteiger partial charge in [0.15, 0.2) is 0 Å². The average molecular weight is 226 g/mol. The molecule has 0 aliphatic rings. The number of rotatable bonds is 5. The minimum atomic E-state index is -1.09. The van der Waals surface area contributed by atoms with Crippen LogP contribution in [0.2, 0.25) is 19.6 Å². The molecule has 0 unspecified atom stereocenters. The van der Waals surface area contributed by atoms with Crippen molar-refractivity contribution >= 4 is 8.07 Å². The molecule has 0 saturated carbocycles. The Balaban J connectivity index is 4.38. The van der Waals surface area contributed by atoms with Gasteiger partial charge < -0.3 is 5.11 Å². The Kier molecular flexibility index (Phi) is 6.14. The minimum absolute atomic E-state index is 0.208. The number of allylic oxidation sites excluding steroid dienone is 2.